The number of hydrogen-bond acceptors (Lipinski definition) is 4. The largest absolute Gasteiger partial charge is 0.394 e. The Balaban J connectivity index is 1.73. The van der Waals surface area contributed by atoms with Crippen LogP contribution in [0.1, 0.15) is 25.7 Å². The molecule has 5 heteroatoms. The second-order valence-corrected chi connectivity index (χ2v) is 5.16. The lowest BCUT2D eigenvalue weighted by Gasteiger charge is -2.35. The fraction of sp³-hybridized carbons (Fsp3) is 0.923. The summed E-state index contributed by atoms with van der Waals surface area (Å²) >= 11 is 0. The third-order valence-electron chi connectivity index (χ3n) is 3.84. The van der Waals surface area contributed by atoms with Crippen LogP contribution in [-0.2, 0) is 9.53 Å². The lowest BCUT2D eigenvalue weighted by atomic mass is 9.96. The summed E-state index contributed by atoms with van der Waals surface area (Å²) < 4.78 is 5.51. The van der Waals surface area contributed by atoms with Crippen molar-refractivity contribution in [2.75, 3.05) is 39.4 Å². The lowest BCUT2D eigenvalue weighted by molar-refractivity contribution is -0.138. The van der Waals surface area contributed by atoms with E-state index in [1.165, 1.54) is 0 Å². The minimum atomic E-state index is 0.0763. The highest BCUT2D eigenvalue weighted by Crippen LogP contribution is 2.19. The van der Waals surface area contributed by atoms with E-state index in [1.54, 1.807) is 0 Å². The van der Waals surface area contributed by atoms with Crippen molar-refractivity contribution in [3.05, 3.63) is 0 Å². The van der Waals surface area contributed by atoms with E-state index in [1.807, 2.05) is 4.90 Å². The molecule has 2 aliphatic rings. The summed E-state index contributed by atoms with van der Waals surface area (Å²) in [6, 6.07) is 0. The monoisotopic (exact) mass is 256 g/mol. The summed E-state index contributed by atoms with van der Waals surface area (Å²) in [5, 5.41) is 12.0. The second-order valence-electron chi connectivity index (χ2n) is 5.16. The van der Waals surface area contributed by atoms with Gasteiger partial charge in [-0.15, -0.1) is 0 Å². The van der Waals surface area contributed by atoms with E-state index < -0.39 is 0 Å². The first-order valence-electron chi connectivity index (χ1n) is 7.03. The van der Waals surface area contributed by atoms with Crippen LogP contribution < -0.4 is 5.32 Å². The second kappa shape index (κ2) is 7.07. The van der Waals surface area contributed by atoms with E-state index in [-0.39, 0.29) is 18.6 Å². The smallest absolute Gasteiger partial charge is 0.226 e. The third kappa shape index (κ3) is 3.67. The molecule has 0 spiro atoms. The van der Waals surface area contributed by atoms with Crippen LogP contribution in [0.4, 0.5) is 0 Å². The molecule has 18 heavy (non-hydrogen) atoms. The van der Waals surface area contributed by atoms with Crippen molar-refractivity contribution in [2.45, 2.75) is 31.8 Å². The van der Waals surface area contributed by atoms with Gasteiger partial charge in [0, 0.05) is 19.6 Å². The van der Waals surface area contributed by atoms with Gasteiger partial charge in [0.15, 0.2) is 0 Å². The normalized spacial score (nSPS) is 26.3. The van der Waals surface area contributed by atoms with E-state index >= 15 is 0 Å². The van der Waals surface area contributed by atoms with Gasteiger partial charge in [-0.25, -0.2) is 0 Å². The number of nitrogens with zero attached hydrogens (tertiary/aromatic N) is 1. The molecule has 0 bridgehead atoms. The summed E-state index contributed by atoms with van der Waals surface area (Å²) in [7, 11) is 0. The zero-order valence-electron chi connectivity index (χ0n) is 10.9. The maximum Gasteiger partial charge on any atom is 0.226 e. The van der Waals surface area contributed by atoms with Crippen LogP contribution in [0.5, 0.6) is 0 Å². The number of nitrogens with one attached hydrogen (secondary N) is 1. The number of aliphatic hydroxyl groups excluding tert-OH is 1. The molecule has 0 aromatic carbocycles. The highest BCUT2D eigenvalue weighted by atomic mass is 16.5. The molecule has 0 aliphatic carbocycles. The summed E-state index contributed by atoms with van der Waals surface area (Å²) in [6.07, 6.45) is 4.13. The molecule has 2 fully saturated rings. The van der Waals surface area contributed by atoms with E-state index in [0.717, 1.165) is 51.9 Å². The Hall–Kier alpha value is -0.650. The Bertz CT molecular complexity index is 259. The average molecular weight is 256 g/mol. The fourth-order valence-electron chi connectivity index (χ4n) is 2.78. The molecule has 1 amide bonds. The van der Waals surface area contributed by atoms with E-state index in [0.29, 0.717) is 12.5 Å². The first kappa shape index (κ1) is 13.8. The summed E-state index contributed by atoms with van der Waals surface area (Å²) in [5.41, 5.74) is 0. The van der Waals surface area contributed by atoms with Crippen LogP contribution in [0.3, 0.4) is 0 Å². The molecule has 0 saturated carbocycles. The van der Waals surface area contributed by atoms with Gasteiger partial charge in [-0.05, 0) is 32.2 Å². The van der Waals surface area contributed by atoms with Gasteiger partial charge in [0.1, 0.15) is 0 Å². The van der Waals surface area contributed by atoms with Crippen molar-refractivity contribution >= 4 is 5.91 Å². The van der Waals surface area contributed by atoms with Crippen molar-refractivity contribution in [3.63, 3.8) is 0 Å². The number of carbonyl (C=O) groups excluding carboxylic acids is 1. The zero-order valence-corrected chi connectivity index (χ0v) is 10.9. The van der Waals surface area contributed by atoms with Crippen LogP contribution in [0.25, 0.3) is 0 Å². The Kier molecular flexibility index (Phi) is 5.41. The molecule has 2 N–H and O–H groups in total. The van der Waals surface area contributed by atoms with Crippen molar-refractivity contribution in [3.8, 4) is 0 Å². The van der Waals surface area contributed by atoms with Gasteiger partial charge in [-0.3, -0.25) is 4.79 Å². The van der Waals surface area contributed by atoms with Crippen LogP contribution >= 0.6 is 0 Å². The molecule has 2 rings (SSSR count). The van der Waals surface area contributed by atoms with E-state index in [9.17, 15) is 4.79 Å². The molecule has 5 nitrogen and oxygen atoms in total. The maximum absolute atomic E-state index is 12.3. The van der Waals surface area contributed by atoms with Crippen LogP contribution in [0.15, 0.2) is 0 Å². The number of likely N-dealkylation sites (tertiary alicyclic amines) is 1. The number of piperidine rings is 2. The number of rotatable bonds is 4. The predicted octanol–water partition coefficient (Wildman–Crippen LogP) is -0.0141. The van der Waals surface area contributed by atoms with Crippen molar-refractivity contribution in [1.82, 2.24) is 10.2 Å². The molecule has 0 radical (unpaired) electrons. The van der Waals surface area contributed by atoms with Crippen LogP contribution in [0.2, 0.25) is 0 Å². The minimum Gasteiger partial charge on any atom is -0.394 e. The number of carbonyl (C=O) groups is 1. The number of ether oxygens (including phenoxy) is 1. The number of aliphatic hydroxyl groups is 1. The van der Waals surface area contributed by atoms with Gasteiger partial charge in [-0.1, -0.05) is 0 Å². The number of hydrogen-bond donors (Lipinski definition) is 2. The topological polar surface area (TPSA) is 61.8 Å². The Morgan fingerprint density at radius 2 is 2.11 bits per heavy atom. The average Bonchev–Trinajstić information content (AvgIpc) is 2.46. The fourth-order valence-corrected chi connectivity index (χ4v) is 2.78. The first-order valence-corrected chi connectivity index (χ1v) is 7.03. The van der Waals surface area contributed by atoms with Gasteiger partial charge >= 0.3 is 0 Å². The molecule has 1 unspecified atom stereocenters. The maximum atomic E-state index is 12.3. The SMILES string of the molecule is O=C(C1CCCNC1)N1CCC(OCCO)CC1. The Morgan fingerprint density at radius 3 is 2.72 bits per heavy atom. The first-order chi connectivity index (χ1) is 8.81. The van der Waals surface area contributed by atoms with Gasteiger partial charge < -0.3 is 20.1 Å². The highest BCUT2D eigenvalue weighted by Gasteiger charge is 2.29. The van der Waals surface area contributed by atoms with E-state index in [2.05, 4.69) is 5.32 Å². The molecule has 1 atom stereocenters. The standard InChI is InChI=1S/C13H24N2O3/c16-8-9-18-12-3-6-15(7-4-12)13(17)11-2-1-5-14-10-11/h11-12,14,16H,1-10H2. The molecule has 104 valence electrons. The quantitative estimate of drug-likeness (QED) is 0.742. The molecule has 0 aromatic heterocycles. The number of amides is 1. The van der Waals surface area contributed by atoms with E-state index in [4.69, 9.17) is 9.84 Å². The van der Waals surface area contributed by atoms with Crippen molar-refractivity contribution in [2.24, 2.45) is 5.92 Å². The van der Waals surface area contributed by atoms with Crippen LogP contribution in [0, 0.1) is 5.92 Å². The summed E-state index contributed by atoms with van der Waals surface area (Å²) in [4.78, 5) is 14.3. The zero-order chi connectivity index (χ0) is 12.8. The molecule has 2 saturated heterocycles. The lowest BCUT2D eigenvalue weighted by Crippen LogP contribution is -2.47. The van der Waals surface area contributed by atoms with Gasteiger partial charge in [0.05, 0.1) is 25.2 Å². The van der Waals surface area contributed by atoms with Crippen molar-refractivity contribution < 1.29 is 14.6 Å². The molecule has 0 aromatic rings. The highest BCUT2D eigenvalue weighted by molar-refractivity contribution is 5.79. The molecule has 2 heterocycles. The van der Waals surface area contributed by atoms with Gasteiger partial charge in [0.25, 0.3) is 0 Å². The molecular weight excluding hydrogens is 232 g/mol. The van der Waals surface area contributed by atoms with Gasteiger partial charge in [0.2, 0.25) is 5.91 Å². The Morgan fingerprint density at radius 1 is 1.33 bits per heavy atom. The van der Waals surface area contributed by atoms with Crippen molar-refractivity contribution in [1.29, 1.82) is 0 Å². The summed E-state index contributed by atoms with van der Waals surface area (Å²) in [6.45, 7) is 3.95. The summed E-state index contributed by atoms with van der Waals surface area (Å²) in [5.74, 6) is 0.483. The predicted molar refractivity (Wildman–Crippen MR) is 68.2 cm³/mol. The third-order valence-corrected chi connectivity index (χ3v) is 3.84. The molecule has 2 aliphatic heterocycles. The minimum absolute atomic E-state index is 0.0763. The van der Waals surface area contributed by atoms with Crippen LogP contribution in [-0.4, -0.2) is 61.4 Å². The van der Waals surface area contributed by atoms with Gasteiger partial charge in [-0.2, -0.15) is 0 Å². The Labute approximate surface area is 108 Å². The molecular formula is C13H24N2O3.